The molecule has 1 amide bonds. The Morgan fingerprint density at radius 2 is 1.89 bits per heavy atom. The highest BCUT2D eigenvalue weighted by molar-refractivity contribution is 6.36. The zero-order chi connectivity index (χ0) is 20.3. The third-order valence-electron chi connectivity index (χ3n) is 3.94. The molecule has 1 heterocycles. The maximum absolute atomic E-state index is 12.1. The van der Waals surface area contributed by atoms with E-state index in [0.717, 1.165) is 5.56 Å². The summed E-state index contributed by atoms with van der Waals surface area (Å²) >= 11 is 11.8. The molecule has 1 N–H and O–H groups in total. The minimum Gasteiger partial charge on any atom is -0.459 e. The Morgan fingerprint density at radius 1 is 1.11 bits per heavy atom. The number of carbonyl (C=O) groups excluding carboxylic acids is 2. The van der Waals surface area contributed by atoms with Crippen molar-refractivity contribution in [3.8, 4) is 0 Å². The van der Waals surface area contributed by atoms with Gasteiger partial charge in [0, 0.05) is 22.0 Å². The van der Waals surface area contributed by atoms with Gasteiger partial charge >= 0.3 is 11.6 Å². The Hall–Kier alpha value is -2.83. The monoisotopic (exact) mass is 419 g/mol. The van der Waals surface area contributed by atoms with Crippen LogP contribution in [0.2, 0.25) is 10.0 Å². The molecule has 0 bridgehead atoms. The summed E-state index contributed by atoms with van der Waals surface area (Å²) in [5.74, 6) is -1.19. The standard InChI is InChI=1S/C20H15Cl2NO5/c1-11-2-4-14-12(7-18(24)28-17(14)6-11)10-27-19(25)9-23-20(26)15-5-3-13(21)8-16(15)22/h2-8H,9-10H2,1H3,(H,23,26). The van der Waals surface area contributed by atoms with Gasteiger partial charge in [-0.3, -0.25) is 9.59 Å². The first-order valence-corrected chi connectivity index (χ1v) is 9.01. The second-order valence-electron chi connectivity index (χ2n) is 6.06. The summed E-state index contributed by atoms with van der Waals surface area (Å²) in [6.45, 7) is 1.40. The molecule has 1 aromatic heterocycles. The van der Waals surface area contributed by atoms with E-state index in [1.807, 2.05) is 13.0 Å². The number of carbonyl (C=O) groups is 2. The molecule has 0 aliphatic heterocycles. The fourth-order valence-corrected chi connectivity index (χ4v) is 3.08. The van der Waals surface area contributed by atoms with Gasteiger partial charge in [-0.05, 0) is 36.8 Å². The summed E-state index contributed by atoms with van der Waals surface area (Å²) in [7, 11) is 0. The lowest BCUT2D eigenvalue weighted by atomic mass is 10.1. The van der Waals surface area contributed by atoms with Crippen LogP contribution in [0.25, 0.3) is 11.0 Å². The minimum atomic E-state index is -0.660. The van der Waals surface area contributed by atoms with Gasteiger partial charge in [0.05, 0.1) is 10.6 Å². The van der Waals surface area contributed by atoms with Crippen molar-refractivity contribution in [1.29, 1.82) is 0 Å². The van der Waals surface area contributed by atoms with Crippen LogP contribution < -0.4 is 10.9 Å². The number of amides is 1. The molecule has 0 aliphatic rings. The number of aryl methyl sites for hydroxylation is 1. The first kappa shape index (κ1) is 19.9. The van der Waals surface area contributed by atoms with Gasteiger partial charge in [0.25, 0.3) is 5.91 Å². The van der Waals surface area contributed by atoms with E-state index in [2.05, 4.69) is 5.32 Å². The molecule has 0 atom stereocenters. The van der Waals surface area contributed by atoms with Crippen molar-refractivity contribution in [3.05, 3.63) is 79.6 Å². The molecule has 0 radical (unpaired) electrons. The van der Waals surface area contributed by atoms with Crippen LogP contribution in [0.5, 0.6) is 0 Å². The first-order valence-electron chi connectivity index (χ1n) is 8.26. The fraction of sp³-hybridized carbons (Fsp3) is 0.150. The molecule has 2 aromatic carbocycles. The predicted octanol–water partition coefficient (Wildman–Crippen LogP) is 3.88. The van der Waals surface area contributed by atoms with Gasteiger partial charge in [-0.2, -0.15) is 0 Å². The van der Waals surface area contributed by atoms with Crippen LogP contribution in [0.1, 0.15) is 21.5 Å². The average Bonchev–Trinajstić information content (AvgIpc) is 2.63. The van der Waals surface area contributed by atoms with Gasteiger partial charge < -0.3 is 14.5 Å². The van der Waals surface area contributed by atoms with E-state index >= 15 is 0 Å². The molecule has 0 saturated heterocycles. The van der Waals surface area contributed by atoms with Crippen LogP contribution in [-0.4, -0.2) is 18.4 Å². The SMILES string of the molecule is Cc1ccc2c(COC(=O)CNC(=O)c3ccc(Cl)cc3Cl)cc(=O)oc2c1. The van der Waals surface area contributed by atoms with Gasteiger partial charge in [0.2, 0.25) is 0 Å². The summed E-state index contributed by atoms with van der Waals surface area (Å²) in [6, 6.07) is 11.1. The second kappa shape index (κ2) is 8.46. The van der Waals surface area contributed by atoms with Crippen LogP contribution in [0.15, 0.2) is 51.7 Å². The van der Waals surface area contributed by atoms with E-state index < -0.39 is 17.5 Å². The third kappa shape index (κ3) is 4.71. The number of esters is 1. The molecule has 0 fully saturated rings. The van der Waals surface area contributed by atoms with Crippen molar-refractivity contribution in [2.75, 3.05) is 6.54 Å². The van der Waals surface area contributed by atoms with Crippen molar-refractivity contribution < 1.29 is 18.7 Å². The van der Waals surface area contributed by atoms with E-state index in [0.29, 0.717) is 21.6 Å². The lowest BCUT2D eigenvalue weighted by Gasteiger charge is -2.09. The molecule has 0 spiro atoms. The van der Waals surface area contributed by atoms with E-state index in [4.69, 9.17) is 32.4 Å². The van der Waals surface area contributed by atoms with Crippen molar-refractivity contribution in [2.24, 2.45) is 0 Å². The van der Waals surface area contributed by atoms with Crippen LogP contribution in [0, 0.1) is 6.92 Å². The van der Waals surface area contributed by atoms with Crippen molar-refractivity contribution >= 4 is 46.0 Å². The number of halogens is 2. The largest absolute Gasteiger partial charge is 0.459 e. The number of hydrogen-bond donors (Lipinski definition) is 1. The zero-order valence-corrected chi connectivity index (χ0v) is 16.3. The molecule has 0 saturated carbocycles. The van der Waals surface area contributed by atoms with Crippen LogP contribution >= 0.6 is 23.2 Å². The summed E-state index contributed by atoms with van der Waals surface area (Å²) in [5.41, 5.74) is 1.54. The molecule has 144 valence electrons. The quantitative estimate of drug-likeness (QED) is 0.500. The Bertz CT molecular complexity index is 1120. The molecule has 3 rings (SSSR count). The minimum absolute atomic E-state index is 0.123. The van der Waals surface area contributed by atoms with E-state index in [1.165, 1.54) is 24.3 Å². The molecular weight excluding hydrogens is 405 g/mol. The molecule has 0 aliphatic carbocycles. The smallest absolute Gasteiger partial charge is 0.336 e. The highest BCUT2D eigenvalue weighted by Gasteiger charge is 2.13. The normalized spacial score (nSPS) is 10.7. The first-order chi connectivity index (χ1) is 13.3. The van der Waals surface area contributed by atoms with Gasteiger partial charge in [-0.1, -0.05) is 35.3 Å². The summed E-state index contributed by atoms with van der Waals surface area (Å²) in [4.78, 5) is 35.8. The van der Waals surface area contributed by atoms with Gasteiger partial charge in [-0.15, -0.1) is 0 Å². The third-order valence-corrected chi connectivity index (χ3v) is 4.49. The number of hydrogen-bond acceptors (Lipinski definition) is 5. The highest BCUT2D eigenvalue weighted by Crippen LogP contribution is 2.21. The molecule has 3 aromatic rings. The fourth-order valence-electron chi connectivity index (χ4n) is 2.59. The number of ether oxygens (including phenoxy) is 1. The highest BCUT2D eigenvalue weighted by atomic mass is 35.5. The molecule has 6 nitrogen and oxygen atoms in total. The van der Waals surface area contributed by atoms with E-state index in [-0.39, 0.29) is 23.7 Å². The van der Waals surface area contributed by atoms with Gasteiger partial charge in [0.1, 0.15) is 18.7 Å². The number of fused-ring (bicyclic) bond motifs is 1. The zero-order valence-electron chi connectivity index (χ0n) is 14.8. The van der Waals surface area contributed by atoms with Gasteiger partial charge in [0.15, 0.2) is 0 Å². The molecule has 0 unspecified atom stereocenters. The lowest BCUT2D eigenvalue weighted by Crippen LogP contribution is -2.30. The van der Waals surface area contributed by atoms with Crippen molar-refractivity contribution in [1.82, 2.24) is 5.32 Å². The molecule has 28 heavy (non-hydrogen) atoms. The molecular formula is C20H15Cl2NO5. The summed E-state index contributed by atoms with van der Waals surface area (Å²) in [6.07, 6.45) is 0. The molecule has 8 heteroatoms. The maximum atomic E-state index is 12.1. The number of rotatable bonds is 5. The Kier molecular flexibility index (Phi) is 6.02. The van der Waals surface area contributed by atoms with Crippen LogP contribution in [0.4, 0.5) is 0 Å². The topological polar surface area (TPSA) is 85.6 Å². The Morgan fingerprint density at radius 3 is 2.64 bits per heavy atom. The predicted molar refractivity (Wildman–Crippen MR) is 106 cm³/mol. The number of benzene rings is 2. The van der Waals surface area contributed by atoms with E-state index in [1.54, 1.807) is 12.1 Å². The van der Waals surface area contributed by atoms with Crippen LogP contribution in [-0.2, 0) is 16.1 Å². The summed E-state index contributed by atoms with van der Waals surface area (Å²) in [5, 5.41) is 3.68. The van der Waals surface area contributed by atoms with Crippen LogP contribution in [0.3, 0.4) is 0 Å². The Labute approximate surface area is 170 Å². The summed E-state index contributed by atoms with van der Waals surface area (Å²) < 4.78 is 10.3. The van der Waals surface area contributed by atoms with Gasteiger partial charge in [-0.25, -0.2) is 4.79 Å². The second-order valence-corrected chi connectivity index (χ2v) is 6.90. The Balaban J connectivity index is 1.62. The number of nitrogens with one attached hydrogen (secondary N) is 1. The average molecular weight is 420 g/mol. The lowest BCUT2D eigenvalue weighted by molar-refractivity contribution is -0.143. The maximum Gasteiger partial charge on any atom is 0.336 e. The van der Waals surface area contributed by atoms with Crippen molar-refractivity contribution in [2.45, 2.75) is 13.5 Å². The van der Waals surface area contributed by atoms with Crippen molar-refractivity contribution in [3.63, 3.8) is 0 Å². The van der Waals surface area contributed by atoms with E-state index in [9.17, 15) is 14.4 Å².